The maximum atomic E-state index is 4.72. The summed E-state index contributed by atoms with van der Waals surface area (Å²) in [5.74, 6) is 0.929. The van der Waals surface area contributed by atoms with E-state index in [0.29, 0.717) is 0 Å². The first-order valence-corrected chi connectivity index (χ1v) is 8.86. The molecular formula is C18H21IN4. The summed E-state index contributed by atoms with van der Waals surface area (Å²) in [6.45, 7) is 4.93. The first-order chi connectivity index (χ1) is 11.2. The van der Waals surface area contributed by atoms with Crippen molar-refractivity contribution in [2.45, 2.75) is 13.5 Å². The van der Waals surface area contributed by atoms with Crippen LogP contribution in [0.15, 0.2) is 36.4 Å². The number of aryl methyl sites for hydroxylation is 1. The van der Waals surface area contributed by atoms with Crippen LogP contribution < -0.4 is 10.6 Å². The Labute approximate surface area is 150 Å². The molecule has 0 atom stereocenters. The zero-order chi connectivity index (χ0) is 16.2. The van der Waals surface area contributed by atoms with Crippen molar-refractivity contribution in [1.82, 2.24) is 20.6 Å². The van der Waals surface area contributed by atoms with Gasteiger partial charge >= 0.3 is 0 Å². The molecule has 120 valence electrons. The average molecular weight is 420 g/mol. The minimum absolute atomic E-state index is 0.869. The van der Waals surface area contributed by atoms with E-state index >= 15 is 0 Å². The Morgan fingerprint density at radius 1 is 1.13 bits per heavy atom. The predicted octanol–water partition coefficient (Wildman–Crippen LogP) is 3.45. The largest absolute Gasteiger partial charge is 0.338 e. The van der Waals surface area contributed by atoms with Crippen LogP contribution in [0.4, 0.5) is 0 Å². The predicted molar refractivity (Wildman–Crippen MR) is 105 cm³/mol. The highest BCUT2D eigenvalue weighted by atomic mass is 127. The van der Waals surface area contributed by atoms with Gasteiger partial charge in [0, 0.05) is 28.8 Å². The monoisotopic (exact) mass is 420 g/mol. The topological polar surface area (TPSA) is 52.7 Å². The molecule has 0 saturated heterocycles. The van der Waals surface area contributed by atoms with Gasteiger partial charge in [-0.15, -0.1) is 0 Å². The molecule has 3 rings (SSSR count). The van der Waals surface area contributed by atoms with Crippen LogP contribution in [-0.4, -0.2) is 30.1 Å². The first-order valence-electron chi connectivity index (χ1n) is 7.78. The van der Waals surface area contributed by atoms with Crippen molar-refractivity contribution in [2.75, 3.05) is 20.1 Å². The number of likely N-dealkylation sites (N-methyl/N-ethyl adjacent to an activating group) is 1. The number of fused-ring (bicyclic) bond motifs is 1. The molecule has 0 saturated carbocycles. The number of rotatable bonds is 6. The number of hydrogen-bond donors (Lipinski definition) is 3. The third kappa shape index (κ3) is 3.91. The standard InChI is InChI=1S/C18H21IN4/c1-12-3-5-14(10-15(12)19)18-22-16-6-4-13(9-17(16)23-18)11-21-8-7-20-2/h3-6,9-10,20-21H,7-8,11H2,1-2H3,(H,22,23). The van der Waals surface area contributed by atoms with Crippen LogP contribution in [-0.2, 0) is 6.54 Å². The van der Waals surface area contributed by atoms with E-state index in [4.69, 9.17) is 4.98 Å². The lowest BCUT2D eigenvalue weighted by molar-refractivity contribution is 0.651. The molecule has 0 radical (unpaired) electrons. The molecule has 0 fully saturated rings. The van der Waals surface area contributed by atoms with Gasteiger partial charge in [-0.25, -0.2) is 4.98 Å². The minimum Gasteiger partial charge on any atom is -0.338 e. The van der Waals surface area contributed by atoms with E-state index in [0.717, 1.165) is 42.1 Å². The maximum Gasteiger partial charge on any atom is 0.138 e. The molecule has 0 bridgehead atoms. The Hall–Kier alpha value is -1.44. The minimum atomic E-state index is 0.869. The Balaban J connectivity index is 1.82. The summed E-state index contributed by atoms with van der Waals surface area (Å²) in [5, 5.41) is 6.56. The van der Waals surface area contributed by atoms with Gasteiger partial charge in [-0.05, 0) is 65.9 Å². The smallest absolute Gasteiger partial charge is 0.138 e. The normalized spacial score (nSPS) is 11.3. The summed E-state index contributed by atoms with van der Waals surface area (Å²) in [6, 6.07) is 12.8. The molecular weight excluding hydrogens is 399 g/mol. The number of nitrogens with one attached hydrogen (secondary N) is 3. The van der Waals surface area contributed by atoms with Crippen LogP contribution in [0.25, 0.3) is 22.4 Å². The Kier molecular flexibility index (Phi) is 5.30. The molecule has 0 aliphatic rings. The van der Waals surface area contributed by atoms with E-state index in [9.17, 15) is 0 Å². The van der Waals surface area contributed by atoms with Gasteiger partial charge in [0.25, 0.3) is 0 Å². The Morgan fingerprint density at radius 2 is 2.00 bits per heavy atom. The fourth-order valence-electron chi connectivity index (χ4n) is 2.49. The molecule has 5 heteroatoms. The zero-order valence-electron chi connectivity index (χ0n) is 13.4. The van der Waals surface area contributed by atoms with Gasteiger partial charge in [0.1, 0.15) is 5.82 Å². The number of imidazole rings is 1. The molecule has 2 aromatic carbocycles. The van der Waals surface area contributed by atoms with Crippen LogP contribution in [0.1, 0.15) is 11.1 Å². The molecule has 1 aromatic heterocycles. The number of aromatic nitrogens is 2. The number of H-pyrrole nitrogens is 1. The summed E-state index contributed by atoms with van der Waals surface area (Å²) in [6.07, 6.45) is 0. The van der Waals surface area contributed by atoms with Crippen LogP contribution in [0, 0.1) is 10.5 Å². The quantitative estimate of drug-likeness (QED) is 0.423. The highest BCUT2D eigenvalue weighted by Gasteiger charge is 2.07. The molecule has 0 aliphatic carbocycles. The zero-order valence-corrected chi connectivity index (χ0v) is 15.6. The van der Waals surface area contributed by atoms with E-state index in [2.05, 4.69) is 81.5 Å². The lowest BCUT2D eigenvalue weighted by atomic mass is 10.1. The number of aromatic amines is 1. The Morgan fingerprint density at radius 3 is 2.78 bits per heavy atom. The molecule has 0 unspecified atom stereocenters. The summed E-state index contributed by atoms with van der Waals surface area (Å²) < 4.78 is 1.26. The van der Waals surface area contributed by atoms with Gasteiger partial charge in [-0.3, -0.25) is 0 Å². The van der Waals surface area contributed by atoms with Crippen LogP contribution in [0.3, 0.4) is 0 Å². The lowest BCUT2D eigenvalue weighted by Crippen LogP contribution is -2.24. The molecule has 23 heavy (non-hydrogen) atoms. The number of halogens is 1. The highest BCUT2D eigenvalue weighted by Crippen LogP contribution is 2.24. The second-order valence-corrected chi connectivity index (χ2v) is 6.84. The van der Waals surface area contributed by atoms with Crippen molar-refractivity contribution >= 4 is 33.6 Å². The van der Waals surface area contributed by atoms with Crippen molar-refractivity contribution in [2.24, 2.45) is 0 Å². The van der Waals surface area contributed by atoms with Gasteiger partial charge in [-0.2, -0.15) is 0 Å². The summed E-state index contributed by atoms with van der Waals surface area (Å²) >= 11 is 2.37. The third-order valence-electron chi connectivity index (χ3n) is 3.87. The number of benzene rings is 2. The first kappa shape index (κ1) is 16.4. The number of hydrogen-bond acceptors (Lipinski definition) is 3. The van der Waals surface area contributed by atoms with Crippen LogP contribution in [0.2, 0.25) is 0 Å². The Bertz CT molecular complexity index is 810. The molecule has 0 aliphatic heterocycles. The summed E-state index contributed by atoms with van der Waals surface area (Å²) in [7, 11) is 1.96. The van der Waals surface area contributed by atoms with Gasteiger partial charge in [0.05, 0.1) is 11.0 Å². The molecule has 0 amide bonds. The molecule has 4 nitrogen and oxygen atoms in total. The third-order valence-corrected chi connectivity index (χ3v) is 5.03. The van der Waals surface area contributed by atoms with Crippen molar-refractivity contribution < 1.29 is 0 Å². The summed E-state index contributed by atoms with van der Waals surface area (Å²) in [5.41, 5.74) is 5.78. The van der Waals surface area contributed by atoms with Crippen molar-refractivity contribution in [3.8, 4) is 11.4 Å². The van der Waals surface area contributed by atoms with Crippen molar-refractivity contribution in [3.05, 3.63) is 51.1 Å². The average Bonchev–Trinajstić information content (AvgIpc) is 2.97. The van der Waals surface area contributed by atoms with Gasteiger partial charge in [0.2, 0.25) is 0 Å². The highest BCUT2D eigenvalue weighted by molar-refractivity contribution is 14.1. The molecule has 3 N–H and O–H groups in total. The van der Waals surface area contributed by atoms with Crippen molar-refractivity contribution in [3.63, 3.8) is 0 Å². The number of nitrogens with zero attached hydrogens (tertiary/aromatic N) is 1. The summed E-state index contributed by atoms with van der Waals surface area (Å²) in [4.78, 5) is 8.16. The van der Waals surface area contributed by atoms with Gasteiger partial charge in [-0.1, -0.05) is 18.2 Å². The second kappa shape index (κ2) is 7.42. The van der Waals surface area contributed by atoms with E-state index in [1.807, 2.05) is 7.05 Å². The van der Waals surface area contributed by atoms with Gasteiger partial charge < -0.3 is 15.6 Å². The molecule has 1 heterocycles. The van der Waals surface area contributed by atoms with E-state index in [1.54, 1.807) is 0 Å². The van der Waals surface area contributed by atoms with Gasteiger partial charge in [0.15, 0.2) is 0 Å². The van der Waals surface area contributed by atoms with E-state index < -0.39 is 0 Å². The second-order valence-electron chi connectivity index (χ2n) is 5.68. The molecule has 3 aromatic rings. The lowest BCUT2D eigenvalue weighted by Gasteiger charge is -2.04. The molecule has 0 spiro atoms. The van der Waals surface area contributed by atoms with Crippen LogP contribution >= 0.6 is 22.6 Å². The van der Waals surface area contributed by atoms with E-state index in [1.165, 1.54) is 14.7 Å². The van der Waals surface area contributed by atoms with E-state index in [-0.39, 0.29) is 0 Å². The fourth-order valence-corrected chi connectivity index (χ4v) is 3.01. The maximum absolute atomic E-state index is 4.72. The van der Waals surface area contributed by atoms with Crippen LogP contribution in [0.5, 0.6) is 0 Å². The fraction of sp³-hybridized carbons (Fsp3) is 0.278. The SMILES string of the molecule is CNCCNCc1ccc2nc(-c3ccc(C)c(I)c3)[nH]c2c1. The van der Waals surface area contributed by atoms with Crippen molar-refractivity contribution in [1.29, 1.82) is 0 Å².